The van der Waals surface area contributed by atoms with Crippen LogP contribution >= 0.6 is 15.9 Å². The smallest absolute Gasteiger partial charge is 0.240 e. The standard InChI is InChI=1S/C17H22BrN3O2/c1-12-4-2-3-5-15(12)20-21-17(23)11-10-16(22)19-14-8-6-13(18)7-9-14/h6-9,12H,2-5,10-11H2,1H3,(H,19,22)(H,21,23)/b20-15-/t12-/m1/s1. The monoisotopic (exact) mass is 379 g/mol. The second-order valence-corrected chi connectivity index (χ2v) is 6.76. The third kappa shape index (κ3) is 6.14. The van der Waals surface area contributed by atoms with Gasteiger partial charge in [-0.25, -0.2) is 5.43 Å². The number of nitrogens with zero attached hydrogens (tertiary/aromatic N) is 1. The summed E-state index contributed by atoms with van der Waals surface area (Å²) in [5, 5.41) is 6.98. The van der Waals surface area contributed by atoms with Crippen LogP contribution in [0.15, 0.2) is 33.8 Å². The number of benzene rings is 1. The Labute approximate surface area is 145 Å². The highest BCUT2D eigenvalue weighted by atomic mass is 79.9. The second-order valence-electron chi connectivity index (χ2n) is 5.84. The minimum Gasteiger partial charge on any atom is -0.326 e. The number of carbonyl (C=O) groups excluding carboxylic acids is 2. The quantitative estimate of drug-likeness (QED) is 0.762. The summed E-state index contributed by atoms with van der Waals surface area (Å²) in [5.41, 5.74) is 4.35. The van der Waals surface area contributed by atoms with Gasteiger partial charge in [-0.1, -0.05) is 29.3 Å². The molecule has 0 bridgehead atoms. The molecule has 1 aromatic carbocycles. The average Bonchev–Trinajstić information content (AvgIpc) is 2.54. The number of nitrogens with one attached hydrogen (secondary N) is 2. The minimum atomic E-state index is -0.221. The van der Waals surface area contributed by atoms with Crippen molar-refractivity contribution in [3.05, 3.63) is 28.7 Å². The van der Waals surface area contributed by atoms with Crippen molar-refractivity contribution in [2.75, 3.05) is 5.32 Å². The summed E-state index contributed by atoms with van der Waals surface area (Å²) in [6.45, 7) is 2.13. The molecule has 1 saturated carbocycles. The number of amides is 2. The Morgan fingerprint density at radius 2 is 1.87 bits per heavy atom. The highest BCUT2D eigenvalue weighted by Crippen LogP contribution is 2.20. The molecule has 5 nitrogen and oxygen atoms in total. The molecule has 2 N–H and O–H groups in total. The fraction of sp³-hybridized carbons (Fsp3) is 0.471. The van der Waals surface area contributed by atoms with E-state index in [1.54, 1.807) is 12.1 Å². The van der Waals surface area contributed by atoms with Gasteiger partial charge in [-0.2, -0.15) is 5.10 Å². The molecule has 1 fully saturated rings. The summed E-state index contributed by atoms with van der Waals surface area (Å²) >= 11 is 3.34. The van der Waals surface area contributed by atoms with Crippen LogP contribution in [0.5, 0.6) is 0 Å². The van der Waals surface area contributed by atoms with Gasteiger partial charge in [0, 0.05) is 28.7 Å². The lowest BCUT2D eigenvalue weighted by atomic mass is 9.89. The van der Waals surface area contributed by atoms with E-state index in [9.17, 15) is 9.59 Å². The molecule has 124 valence electrons. The first kappa shape index (κ1) is 17.7. The largest absolute Gasteiger partial charge is 0.326 e. The molecule has 1 atom stereocenters. The summed E-state index contributed by atoms with van der Waals surface area (Å²) in [7, 11) is 0. The van der Waals surface area contributed by atoms with Crippen molar-refractivity contribution >= 4 is 39.1 Å². The summed E-state index contributed by atoms with van der Waals surface area (Å²) in [6.07, 6.45) is 4.71. The van der Waals surface area contributed by atoms with Gasteiger partial charge in [0.05, 0.1) is 0 Å². The van der Waals surface area contributed by atoms with Gasteiger partial charge in [0.2, 0.25) is 11.8 Å². The summed E-state index contributed by atoms with van der Waals surface area (Å²) in [4.78, 5) is 23.6. The maximum absolute atomic E-state index is 11.8. The fourth-order valence-electron chi connectivity index (χ4n) is 2.51. The van der Waals surface area contributed by atoms with Crippen molar-refractivity contribution in [2.24, 2.45) is 11.0 Å². The van der Waals surface area contributed by atoms with Crippen LogP contribution in [0, 0.1) is 5.92 Å². The number of rotatable bonds is 5. The molecule has 0 spiro atoms. The first-order valence-corrected chi connectivity index (χ1v) is 8.74. The van der Waals surface area contributed by atoms with Crippen molar-refractivity contribution in [1.29, 1.82) is 0 Å². The molecule has 2 amide bonds. The average molecular weight is 380 g/mol. The molecule has 1 aliphatic rings. The topological polar surface area (TPSA) is 70.6 Å². The first-order valence-electron chi connectivity index (χ1n) is 7.95. The highest BCUT2D eigenvalue weighted by Gasteiger charge is 2.16. The maximum Gasteiger partial charge on any atom is 0.240 e. The maximum atomic E-state index is 11.8. The molecule has 0 unspecified atom stereocenters. The van der Waals surface area contributed by atoms with E-state index in [4.69, 9.17) is 0 Å². The molecular formula is C17H22BrN3O2. The van der Waals surface area contributed by atoms with E-state index >= 15 is 0 Å². The lowest BCUT2D eigenvalue weighted by Crippen LogP contribution is -2.25. The number of hydrogen-bond acceptors (Lipinski definition) is 3. The van der Waals surface area contributed by atoms with Crippen LogP contribution in [-0.2, 0) is 9.59 Å². The van der Waals surface area contributed by atoms with Gasteiger partial charge >= 0.3 is 0 Å². The van der Waals surface area contributed by atoms with E-state index in [-0.39, 0.29) is 24.7 Å². The van der Waals surface area contributed by atoms with Gasteiger partial charge in [0.25, 0.3) is 0 Å². The predicted octanol–water partition coefficient (Wildman–Crippen LogP) is 3.85. The minimum absolute atomic E-state index is 0.132. The molecule has 0 radical (unpaired) electrons. The van der Waals surface area contributed by atoms with E-state index in [0.717, 1.165) is 35.1 Å². The van der Waals surface area contributed by atoms with E-state index in [1.807, 2.05) is 12.1 Å². The van der Waals surface area contributed by atoms with Crippen LogP contribution in [-0.4, -0.2) is 17.5 Å². The number of halogens is 1. The third-order valence-electron chi connectivity index (χ3n) is 3.92. The van der Waals surface area contributed by atoms with Crippen LogP contribution in [0.4, 0.5) is 5.69 Å². The third-order valence-corrected chi connectivity index (χ3v) is 4.45. The zero-order chi connectivity index (χ0) is 16.7. The van der Waals surface area contributed by atoms with Crippen LogP contribution < -0.4 is 10.7 Å². The van der Waals surface area contributed by atoms with Gasteiger partial charge in [-0.05, 0) is 49.4 Å². The molecule has 1 aromatic rings. The van der Waals surface area contributed by atoms with E-state index < -0.39 is 0 Å². The van der Waals surface area contributed by atoms with E-state index in [2.05, 4.69) is 38.7 Å². The van der Waals surface area contributed by atoms with Gasteiger partial charge in [-0.3, -0.25) is 9.59 Å². The Hall–Kier alpha value is -1.69. The molecule has 1 aliphatic carbocycles. The predicted molar refractivity (Wildman–Crippen MR) is 95.2 cm³/mol. The Bertz CT molecular complexity index is 584. The van der Waals surface area contributed by atoms with Gasteiger partial charge in [0.15, 0.2) is 0 Å². The zero-order valence-electron chi connectivity index (χ0n) is 13.3. The van der Waals surface area contributed by atoms with Crippen LogP contribution in [0.25, 0.3) is 0 Å². The summed E-state index contributed by atoms with van der Waals surface area (Å²) in [6, 6.07) is 7.31. The SMILES string of the molecule is C[C@@H]1CCCC/C1=N/NC(=O)CCC(=O)Nc1ccc(Br)cc1. The molecule has 23 heavy (non-hydrogen) atoms. The van der Waals surface area contributed by atoms with Crippen molar-refractivity contribution in [1.82, 2.24) is 5.43 Å². The van der Waals surface area contributed by atoms with Gasteiger partial charge in [0.1, 0.15) is 0 Å². The number of hydrazone groups is 1. The lowest BCUT2D eigenvalue weighted by Gasteiger charge is -2.19. The molecule has 0 saturated heterocycles. The fourth-order valence-corrected chi connectivity index (χ4v) is 2.77. The lowest BCUT2D eigenvalue weighted by molar-refractivity contribution is -0.124. The zero-order valence-corrected chi connectivity index (χ0v) is 14.9. The summed E-state index contributed by atoms with van der Waals surface area (Å²) < 4.78 is 0.950. The molecule has 0 aliphatic heterocycles. The van der Waals surface area contributed by atoms with Crippen molar-refractivity contribution in [3.8, 4) is 0 Å². The van der Waals surface area contributed by atoms with Gasteiger partial charge < -0.3 is 5.32 Å². The van der Waals surface area contributed by atoms with Crippen LogP contribution in [0.1, 0.15) is 45.4 Å². The molecule has 6 heteroatoms. The summed E-state index contributed by atoms with van der Waals surface area (Å²) in [5.74, 6) is 0.0344. The van der Waals surface area contributed by atoms with Crippen molar-refractivity contribution in [3.63, 3.8) is 0 Å². The van der Waals surface area contributed by atoms with Gasteiger partial charge in [-0.15, -0.1) is 0 Å². The number of hydrogen-bond donors (Lipinski definition) is 2. The van der Waals surface area contributed by atoms with Crippen LogP contribution in [0.3, 0.4) is 0 Å². The number of carbonyl (C=O) groups is 2. The Morgan fingerprint density at radius 1 is 1.17 bits per heavy atom. The molecule has 0 heterocycles. The highest BCUT2D eigenvalue weighted by molar-refractivity contribution is 9.10. The Morgan fingerprint density at radius 3 is 2.57 bits per heavy atom. The van der Waals surface area contributed by atoms with Crippen molar-refractivity contribution < 1.29 is 9.59 Å². The Balaban J connectivity index is 1.72. The second kappa shape index (κ2) is 8.82. The Kier molecular flexibility index (Phi) is 6.77. The van der Waals surface area contributed by atoms with Crippen molar-refractivity contribution in [2.45, 2.75) is 45.4 Å². The van der Waals surface area contributed by atoms with E-state index in [0.29, 0.717) is 5.92 Å². The normalized spacial score (nSPS) is 19.4. The molecule has 2 rings (SSSR count). The van der Waals surface area contributed by atoms with E-state index in [1.165, 1.54) is 6.42 Å². The molecule has 0 aromatic heterocycles. The first-order chi connectivity index (χ1) is 11.0. The molecular weight excluding hydrogens is 358 g/mol. The van der Waals surface area contributed by atoms with Crippen LogP contribution in [0.2, 0.25) is 0 Å². The number of anilines is 1.